The zero-order valence-electron chi connectivity index (χ0n) is 18.5. The summed E-state index contributed by atoms with van der Waals surface area (Å²) in [4.78, 5) is 17.3. The lowest BCUT2D eigenvalue weighted by Gasteiger charge is -2.35. The summed E-state index contributed by atoms with van der Waals surface area (Å²) >= 11 is 0. The number of anilines is 2. The van der Waals surface area contributed by atoms with Gasteiger partial charge in [-0.3, -0.25) is 4.79 Å². The minimum Gasteiger partial charge on any atom is -0.367 e. The zero-order valence-corrected chi connectivity index (χ0v) is 18.5. The Hall–Kier alpha value is -3.59. The van der Waals surface area contributed by atoms with Gasteiger partial charge >= 0.3 is 6.18 Å². The second kappa shape index (κ2) is 9.34. The lowest BCUT2D eigenvalue weighted by molar-refractivity contribution is -0.115. The van der Waals surface area contributed by atoms with E-state index < -0.39 is 29.0 Å². The summed E-state index contributed by atoms with van der Waals surface area (Å²) in [7, 11) is 2.00. The van der Waals surface area contributed by atoms with Crippen molar-refractivity contribution in [2.75, 3.05) is 43.4 Å². The predicted octanol–water partition coefficient (Wildman–Crippen LogP) is 4.67. The van der Waals surface area contributed by atoms with Crippen molar-refractivity contribution in [3.63, 3.8) is 0 Å². The van der Waals surface area contributed by atoms with Crippen LogP contribution in [-0.2, 0) is 4.79 Å². The van der Waals surface area contributed by atoms with Crippen LogP contribution in [0.5, 0.6) is 0 Å². The standard InChI is InChI=1S/C25H24F4N4O/c1-16-13-20(25(27,28)29)19(15-30-16)24(34)31-22-14-17(18-5-3-4-6-21(18)26)7-8-23(22)33-11-9-32(2)10-12-33/h3-8,13-15,30H,1,9-12H2,2H3,(H,31,34). The van der Waals surface area contributed by atoms with E-state index in [1.54, 1.807) is 36.4 Å². The predicted molar refractivity (Wildman–Crippen MR) is 125 cm³/mol. The van der Waals surface area contributed by atoms with E-state index in [1.807, 2.05) is 7.05 Å². The van der Waals surface area contributed by atoms with Gasteiger partial charge in [0.15, 0.2) is 0 Å². The molecule has 0 atom stereocenters. The topological polar surface area (TPSA) is 47.6 Å². The summed E-state index contributed by atoms with van der Waals surface area (Å²) in [5.74, 6) is -1.36. The molecule has 2 aromatic rings. The van der Waals surface area contributed by atoms with Gasteiger partial charge in [0.25, 0.3) is 5.91 Å². The molecule has 34 heavy (non-hydrogen) atoms. The van der Waals surface area contributed by atoms with Crippen LogP contribution in [0.2, 0.25) is 0 Å². The molecule has 2 N–H and O–H groups in total. The van der Waals surface area contributed by atoms with E-state index in [9.17, 15) is 22.4 Å². The maximum atomic E-state index is 14.4. The molecule has 0 saturated carbocycles. The molecule has 0 bridgehead atoms. The molecule has 0 aromatic heterocycles. The lowest BCUT2D eigenvalue weighted by atomic mass is 10.0. The van der Waals surface area contributed by atoms with E-state index in [4.69, 9.17) is 0 Å². The summed E-state index contributed by atoms with van der Waals surface area (Å²) in [5.41, 5.74) is 0.190. The number of rotatable bonds is 4. The minimum atomic E-state index is -4.73. The van der Waals surface area contributed by atoms with Crippen LogP contribution in [0.4, 0.5) is 28.9 Å². The van der Waals surface area contributed by atoms with Gasteiger partial charge in [-0.25, -0.2) is 4.39 Å². The van der Waals surface area contributed by atoms with E-state index >= 15 is 0 Å². The van der Waals surface area contributed by atoms with Crippen LogP contribution >= 0.6 is 0 Å². The fourth-order valence-corrected chi connectivity index (χ4v) is 3.97. The number of allylic oxidation sites excluding steroid dienone is 1. The number of nitrogens with zero attached hydrogens (tertiary/aromatic N) is 2. The van der Waals surface area contributed by atoms with E-state index in [2.05, 4.69) is 27.0 Å². The molecule has 0 unspecified atom stereocenters. The molecule has 1 fully saturated rings. The molecule has 2 aromatic carbocycles. The first kappa shape index (κ1) is 23.6. The van der Waals surface area contributed by atoms with Gasteiger partial charge in [-0.15, -0.1) is 0 Å². The smallest absolute Gasteiger partial charge is 0.367 e. The third kappa shape index (κ3) is 4.99. The molecule has 2 aliphatic rings. The van der Waals surface area contributed by atoms with E-state index in [1.165, 1.54) is 6.07 Å². The van der Waals surface area contributed by atoms with Crippen molar-refractivity contribution < 1.29 is 22.4 Å². The third-order valence-corrected chi connectivity index (χ3v) is 5.83. The van der Waals surface area contributed by atoms with Crippen molar-refractivity contribution in [1.82, 2.24) is 10.2 Å². The Morgan fingerprint density at radius 1 is 1.09 bits per heavy atom. The SMILES string of the molecule is C=C1C=C(C(F)(F)F)C(C(=O)Nc2cc(-c3ccccc3F)ccc2N2CCN(C)CC2)=CN1. The Morgan fingerprint density at radius 3 is 2.47 bits per heavy atom. The number of alkyl halides is 3. The molecule has 5 nitrogen and oxygen atoms in total. The van der Waals surface area contributed by atoms with Crippen LogP contribution in [0.3, 0.4) is 0 Å². The van der Waals surface area contributed by atoms with Gasteiger partial charge in [0.1, 0.15) is 5.82 Å². The Balaban J connectivity index is 1.71. The number of hydrogen-bond acceptors (Lipinski definition) is 4. The zero-order chi connectivity index (χ0) is 24.5. The number of likely N-dealkylation sites (N-methyl/N-ethyl adjacent to an activating group) is 1. The number of benzene rings is 2. The molecule has 1 saturated heterocycles. The van der Waals surface area contributed by atoms with Crippen LogP contribution in [0.1, 0.15) is 0 Å². The highest BCUT2D eigenvalue weighted by Gasteiger charge is 2.39. The molecule has 9 heteroatoms. The highest BCUT2D eigenvalue weighted by Crippen LogP contribution is 2.36. The Kier molecular flexibility index (Phi) is 6.47. The van der Waals surface area contributed by atoms with E-state index in [0.717, 1.165) is 25.4 Å². The second-order valence-corrected chi connectivity index (χ2v) is 8.24. The monoisotopic (exact) mass is 472 g/mol. The molecule has 4 rings (SSSR count). The molecule has 2 heterocycles. The highest BCUT2D eigenvalue weighted by atomic mass is 19.4. The van der Waals surface area contributed by atoms with Crippen molar-refractivity contribution in [2.45, 2.75) is 6.18 Å². The van der Waals surface area contributed by atoms with Gasteiger partial charge in [-0.1, -0.05) is 30.8 Å². The summed E-state index contributed by atoms with van der Waals surface area (Å²) in [6.45, 7) is 6.42. The van der Waals surface area contributed by atoms with E-state index in [0.29, 0.717) is 35.6 Å². The largest absolute Gasteiger partial charge is 0.417 e. The molecule has 2 aliphatic heterocycles. The molecular formula is C25H24F4N4O. The summed E-state index contributed by atoms with van der Waals surface area (Å²) in [6.07, 6.45) is -2.94. The summed E-state index contributed by atoms with van der Waals surface area (Å²) in [6, 6.07) is 11.3. The molecule has 0 spiro atoms. The number of dihydropyridines is 1. The number of amides is 1. The van der Waals surface area contributed by atoms with Crippen LogP contribution in [-0.4, -0.2) is 50.2 Å². The van der Waals surface area contributed by atoms with Crippen molar-refractivity contribution >= 4 is 17.3 Å². The van der Waals surface area contributed by atoms with Crippen LogP contribution in [0, 0.1) is 5.82 Å². The van der Waals surface area contributed by atoms with Gasteiger partial charge in [0, 0.05) is 43.6 Å². The molecule has 0 aliphatic carbocycles. The number of hydrogen-bond donors (Lipinski definition) is 2. The first-order valence-electron chi connectivity index (χ1n) is 10.7. The quantitative estimate of drug-likeness (QED) is 0.635. The maximum absolute atomic E-state index is 14.4. The van der Waals surface area contributed by atoms with Gasteiger partial charge in [0.05, 0.1) is 22.5 Å². The first-order chi connectivity index (χ1) is 16.1. The molecule has 1 amide bonds. The van der Waals surface area contributed by atoms with Crippen LogP contribution in [0.15, 0.2) is 78.2 Å². The lowest BCUT2D eigenvalue weighted by Crippen LogP contribution is -2.44. The van der Waals surface area contributed by atoms with Crippen molar-refractivity contribution in [3.8, 4) is 11.1 Å². The fraction of sp³-hybridized carbons (Fsp3) is 0.240. The van der Waals surface area contributed by atoms with Crippen LogP contribution < -0.4 is 15.5 Å². The molecular weight excluding hydrogens is 448 g/mol. The van der Waals surface area contributed by atoms with Gasteiger partial charge in [0.2, 0.25) is 0 Å². The Morgan fingerprint density at radius 2 is 1.79 bits per heavy atom. The average Bonchev–Trinajstić information content (AvgIpc) is 2.79. The number of carbonyl (C=O) groups excluding carboxylic acids is 1. The van der Waals surface area contributed by atoms with Crippen LogP contribution in [0.25, 0.3) is 11.1 Å². The number of halogens is 4. The number of carbonyl (C=O) groups is 1. The maximum Gasteiger partial charge on any atom is 0.417 e. The third-order valence-electron chi connectivity index (χ3n) is 5.83. The number of nitrogens with one attached hydrogen (secondary N) is 2. The summed E-state index contributed by atoms with van der Waals surface area (Å²) < 4.78 is 55.2. The average molecular weight is 472 g/mol. The molecule has 0 radical (unpaired) electrons. The van der Waals surface area contributed by atoms with Gasteiger partial charge < -0.3 is 20.4 Å². The normalized spacial score (nSPS) is 17.1. The first-order valence-corrected chi connectivity index (χ1v) is 10.7. The Labute approximate surface area is 195 Å². The van der Waals surface area contributed by atoms with Crippen molar-refractivity contribution in [1.29, 1.82) is 0 Å². The highest BCUT2D eigenvalue weighted by molar-refractivity contribution is 6.09. The fourth-order valence-electron chi connectivity index (χ4n) is 3.97. The molecule has 178 valence electrons. The second-order valence-electron chi connectivity index (χ2n) is 8.24. The van der Waals surface area contributed by atoms with Crippen molar-refractivity contribution in [3.05, 3.63) is 84.0 Å². The van der Waals surface area contributed by atoms with Gasteiger partial charge in [-0.05, 0) is 36.9 Å². The van der Waals surface area contributed by atoms with Gasteiger partial charge in [-0.2, -0.15) is 13.2 Å². The van der Waals surface area contributed by atoms with E-state index in [-0.39, 0.29) is 5.70 Å². The Bertz CT molecular complexity index is 1180. The van der Waals surface area contributed by atoms with Crippen molar-refractivity contribution in [2.24, 2.45) is 0 Å². The summed E-state index contributed by atoms with van der Waals surface area (Å²) in [5, 5.41) is 5.21. The minimum absolute atomic E-state index is 0.0311. The number of piperazine rings is 1.